The zero-order valence-corrected chi connectivity index (χ0v) is 20.6. The van der Waals surface area contributed by atoms with Crippen LogP contribution < -0.4 is 19.9 Å². The Labute approximate surface area is 209 Å². The lowest BCUT2D eigenvalue weighted by Gasteiger charge is -2.27. The van der Waals surface area contributed by atoms with Gasteiger partial charge in [0.15, 0.2) is 6.10 Å². The van der Waals surface area contributed by atoms with Gasteiger partial charge in [-0.1, -0.05) is 37.3 Å². The van der Waals surface area contributed by atoms with Gasteiger partial charge in [-0.15, -0.1) is 11.8 Å². The lowest BCUT2D eigenvalue weighted by molar-refractivity contribution is -0.141. The van der Waals surface area contributed by atoms with Crippen molar-refractivity contribution in [2.24, 2.45) is 5.73 Å². The zero-order valence-electron chi connectivity index (χ0n) is 19.8. The number of nitrogens with two attached hydrogens (primary N) is 1. The molecule has 3 aromatic rings. The molecule has 0 aliphatic carbocycles. The summed E-state index contributed by atoms with van der Waals surface area (Å²) in [5.41, 5.74) is 9.32. The predicted octanol–water partition coefficient (Wildman–Crippen LogP) is 5.56. The fourth-order valence-electron chi connectivity index (χ4n) is 3.89. The number of carbonyl (C=O) groups is 1. The van der Waals surface area contributed by atoms with E-state index in [1.165, 1.54) is 5.56 Å². The van der Waals surface area contributed by atoms with Crippen LogP contribution in [0.5, 0.6) is 17.2 Å². The first-order chi connectivity index (χ1) is 16.9. The highest BCUT2D eigenvalue weighted by atomic mass is 32.2. The molecule has 0 aromatic heterocycles. The maximum atomic E-state index is 12.6. The highest BCUT2D eigenvalue weighted by Gasteiger charge is 2.31. The molecule has 0 bridgehead atoms. The number of esters is 1. The minimum absolute atomic E-state index is 0.0367. The van der Waals surface area contributed by atoms with Crippen molar-refractivity contribution in [1.29, 1.82) is 5.26 Å². The van der Waals surface area contributed by atoms with Gasteiger partial charge in [0.2, 0.25) is 5.88 Å². The van der Waals surface area contributed by atoms with Gasteiger partial charge in [-0.05, 0) is 61.1 Å². The lowest BCUT2D eigenvalue weighted by atomic mass is 9.83. The van der Waals surface area contributed by atoms with Crippen LogP contribution in [0.4, 0.5) is 0 Å². The van der Waals surface area contributed by atoms with Gasteiger partial charge in [-0.3, -0.25) is 0 Å². The van der Waals surface area contributed by atoms with Crippen molar-refractivity contribution < 1.29 is 19.0 Å². The Bertz CT molecular complexity index is 1290. The Morgan fingerprint density at radius 3 is 2.43 bits per heavy atom. The van der Waals surface area contributed by atoms with Gasteiger partial charge in [-0.2, -0.15) is 5.26 Å². The van der Waals surface area contributed by atoms with Crippen LogP contribution in [0.3, 0.4) is 0 Å². The molecule has 2 unspecified atom stereocenters. The highest BCUT2D eigenvalue weighted by Crippen LogP contribution is 2.43. The number of fused-ring (bicyclic) bond motifs is 1. The van der Waals surface area contributed by atoms with Crippen LogP contribution in [0.25, 0.3) is 0 Å². The molecule has 7 heteroatoms. The summed E-state index contributed by atoms with van der Waals surface area (Å²) in [7, 11) is 0. The molecule has 4 rings (SSSR count). The first-order valence-electron chi connectivity index (χ1n) is 11.3. The molecular weight excluding hydrogens is 460 g/mol. The van der Waals surface area contributed by atoms with Crippen LogP contribution in [0, 0.1) is 11.3 Å². The molecule has 6 nitrogen and oxygen atoms in total. The molecule has 35 heavy (non-hydrogen) atoms. The second-order valence-electron chi connectivity index (χ2n) is 8.08. The van der Waals surface area contributed by atoms with Gasteiger partial charge in [0.25, 0.3) is 0 Å². The molecule has 0 saturated carbocycles. The molecule has 1 aliphatic heterocycles. The smallest absolute Gasteiger partial charge is 0.352 e. The van der Waals surface area contributed by atoms with Crippen molar-refractivity contribution >= 4 is 17.7 Å². The molecule has 2 N–H and O–H groups in total. The molecule has 0 saturated heterocycles. The topological polar surface area (TPSA) is 94.6 Å². The number of hydrogen-bond acceptors (Lipinski definition) is 7. The fourth-order valence-corrected chi connectivity index (χ4v) is 4.30. The summed E-state index contributed by atoms with van der Waals surface area (Å²) in [6, 6.07) is 22.9. The average molecular weight is 487 g/mol. The van der Waals surface area contributed by atoms with E-state index < -0.39 is 12.1 Å². The average Bonchev–Trinajstić information content (AvgIpc) is 2.88. The van der Waals surface area contributed by atoms with Crippen LogP contribution in [0.15, 0.2) is 83.1 Å². The van der Waals surface area contributed by atoms with E-state index >= 15 is 0 Å². The summed E-state index contributed by atoms with van der Waals surface area (Å²) in [4.78, 5) is 13.8. The summed E-state index contributed by atoms with van der Waals surface area (Å²) >= 11 is 1.64. The minimum atomic E-state index is -0.808. The van der Waals surface area contributed by atoms with Crippen molar-refractivity contribution in [3.05, 3.63) is 94.9 Å². The van der Waals surface area contributed by atoms with Gasteiger partial charge >= 0.3 is 5.97 Å². The van der Waals surface area contributed by atoms with E-state index in [1.54, 1.807) is 36.9 Å². The third kappa shape index (κ3) is 5.28. The molecule has 3 aromatic carbocycles. The number of benzene rings is 3. The Balaban J connectivity index is 1.54. The molecule has 0 spiro atoms. The standard InChI is InChI=1S/C28H26N2O4S/c1-4-18-5-9-20(10-6-18)32-17(2)28(31)33-21-11-14-23-25(15-21)34-27(30)24(16-29)26(23)19-7-12-22(35-3)13-8-19/h5-15,17,26H,4,30H2,1-3H3. The molecule has 0 radical (unpaired) electrons. The summed E-state index contributed by atoms with van der Waals surface area (Å²) in [6.45, 7) is 3.71. The Morgan fingerprint density at radius 1 is 1.11 bits per heavy atom. The minimum Gasteiger partial charge on any atom is -0.479 e. The number of hydrogen-bond donors (Lipinski definition) is 1. The van der Waals surface area contributed by atoms with Crippen molar-refractivity contribution in [3.63, 3.8) is 0 Å². The number of nitriles is 1. The number of carbonyl (C=O) groups excluding carboxylic acids is 1. The summed E-state index contributed by atoms with van der Waals surface area (Å²) in [5, 5.41) is 9.75. The van der Waals surface area contributed by atoms with Gasteiger partial charge < -0.3 is 19.9 Å². The number of ether oxygens (including phenoxy) is 3. The molecule has 0 fully saturated rings. The normalized spacial score (nSPS) is 15.4. The first-order valence-corrected chi connectivity index (χ1v) is 12.5. The molecule has 1 aliphatic rings. The number of rotatable bonds is 7. The summed E-state index contributed by atoms with van der Waals surface area (Å²) in [5.74, 6) is 0.459. The van der Waals surface area contributed by atoms with Crippen LogP contribution in [0.2, 0.25) is 0 Å². The highest BCUT2D eigenvalue weighted by molar-refractivity contribution is 7.98. The summed E-state index contributed by atoms with van der Waals surface area (Å²) in [6.07, 6.45) is 2.13. The van der Waals surface area contributed by atoms with Crippen LogP contribution in [0.1, 0.15) is 36.5 Å². The molecular formula is C28H26N2O4S. The molecule has 0 amide bonds. The third-order valence-corrected chi connectivity index (χ3v) is 6.58. The predicted molar refractivity (Wildman–Crippen MR) is 136 cm³/mol. The quantitative estimate of drug-likeness (QED) is 0.265. The summed E-state index contributed by atoms with van der Waals surface area (Å²) < 4.78 is 17.0. The Kier molecular flexibility index (Phi) is 7.33. The Hall–Kier alpha value is -3.89. The van der Waals surface area contributed by atoms with Crippen LogP contribution in [-0.4, -0.2) is 18.3 Å². The SMILES string of the molecule is CCc1ccc(OC(C)C(=O)Oc2ccc3c(c2)OC(N)=C(C#N)C3c2ccc(SC)cc2)cc1. The van der Waals surface area contributed by atoms with Crippen molar-refractivity contribution in [3.8, 4) is 23.3 Å². The van der Waals surface area contributed by atoms with Crippen molar-refractivity contribution in [1.82, 2.24) is 0 Å². The van der Waals surface area contributed by atoms with Crippen molar-refractivity contribution in [2.75, 3.05) is 6.26 Å². The number of allylic oxidation sites excluding steroid dienone is 1. The van der Waals surface area contributed by atoms with Crippen LogP contribution >= 0.6 is 11.8 Å². The third-order valence-electron chi connectivity index (χ3n) is 5.83. The second kappa shape index (κ2) is 10.6. The number of nitrogens with zero attached hydrogens (tertiary/aromatic N) is 1. The van der Waals surface area contributed by atoms with Crippen molar-refractivity contribution in [2.45, 2.75) is 37.2 Å². The maximum Gasteiger partial charge on any atom is 0.352 e. The number of thioether (sulfide) groups is 1. The van der Waals surface area contributed by atoms with E-state index in [2.05, 4.69) is 13.0 Å². The van der Waals surface area contributed by atoms with Gasteiger partial charge in [0.05, 0.1) is 5.92 Å². The van der Waals surface area contributed by atoms with E-state index in [-0.39, 0.29) is 11.8 Å². The zero-order chi connectivity index (χ0) is 24.9. The molecule has 2 atom stereocenters. The molecule has 178 valence electrons. The first kappa shape index (κ1) is 24.2. The molecule has 1 heterocycles. The van der Waals surface area contributed by atoms with Gasteiger partial charge in [0, 0.05) is 16.5 Å². The Morgan fingerprint density at radius 2 is 1.80 bits per heavy atom. The van der Waals surface area contributed by atoms with E-state index in [1.807, 2.05) is 54.8 Å². The largest absolute Gasteiger partial charge is 0.479 e. The van der Waals surface area contributed by atoms with E-state index in [9.17, 15) is 10.1 Å². The monoisotopic (exact) mass is 486 g/mol. The van der Waals surface area contributed by atoms with E-state index in [0.717, 1.165) is 22.4 Å². The van der Waals surface area contributed by atoms with Crippen LogP contribution in [-0.2, 0) is 11.2 Å². The van der Waals surface area contributed by atoms with E-state index in [4.69, 9.17) is 19.9 Å². The van der Waals surface area contributed by atoms with Gasteiger partial charge in [-0.25, -0.2) is 4.79 Å². The maximum absolute atomic E-state index is 12.6. The second-order valence-corrected chi connectivity index (χ2v) is 8.96. The number of aryl methyl sites for hydroxylation is 1. The lowest BCUT2D eigenvalue weighted by Crippen LogP contribution is -2.28. The fraction of sp³-hybridized carbons (Fsp3) is 0.214. The van der Waals surface area contributed by atoms with E-state index in [0.29, 0.717) is 22.8 Å². The van der Waals surface area contributed by atoms with Gasteiger partial charge in [0.1, 0.15) is 28.9 Å².